The number of unbranched alkanes of at least 4 members (excludes halogenated alkanes) is 2. The summed E-state index contributed by atoms with van der Waals surface area (Å²) in [5.41, 5.74) is -0.00976. The van der Waals surface area contributed by atoms with Crippen LogP contribution in [-0.2, 0) is 5.41 Å². The molecule has 0 spiro atoms. The summed E-state index contributed by atoms with van der Waals surface area (Å²) in [6.07, 6.45) is 3.82. The van der Waals surface area contributed by atoms with E-state index < -0.39 is 0 Å². The van der Waals surface area contributed by atoms with E-state index in [9.17, 15) is 0 Å². The molecule has 0 unspecified atom stereocenters. The molecule has 1 aromatic rings. The monoisotopic (exact) mass is 281 g/mol. The zero-order valence-corrected chi connectivity index (χ0v) is 13.7. The van der Waals surface area contributed by atoms with Crippen LogP contribution in [0.2, 0.25) is 0 Å². The number of nitrogens with one attached hydrogen (secondary N) is 1. The minimum Gasteiger partial charge on any atom is -0.370 e. The van der Waals surface area contributed by atoms with Crippen LogP contribution in [0.3, 0.4) is 0 Å². The molecule has 0 aliphatic heterocycles. The van der Waals surface area contributed by atoms with Gasteiger partial charge in [0.25, 0.3) is 0 Å². The summed E-state index contributed by atoms with van der Waals surface area (Å²) < 4.78 is 0. The molecule has 0 fully saturated rings. The highest BCUT2D eigenvalue weighted by atomic mass is 32.2. The Balaban J connectivity index is 2.81. The molecule has 1 heterocycles. The maximum absolute atomic E-state index is 4.70. The average molecular weight is 281 g/mol. The van der Waals surface area contributed by atoms with Crippen LogP contribution in [0.1, 0.15) is 59.7 Å². The second-order valence-electron chi connectivity index (χ2n) is 5.75. The van der Waals surface area contributed by atoms with Crippen LogP contribution in [0.5, 0.6) is 0 Å². The fourth-order valence-electron chi connectivity index (χ4n) is 1.63. The Morgan fingerprint density at radius 3 is 2.47 bits per heavy atom. The van der Waals surface area contributed by atoms with Gasteiger partial charge in [0, 0.05) is 18.0 Å². The second-order valence-corrected chi connectivity index (χ2v) is 6.87. The number of nitrogens with zero attached hydrogens (tertiary/aromatic N) is 2. The Morgan fingerprint density at radius 2 is 1.89 bits per heavy atom. The molecule has 108 valence electrons. The van der Waals surface area contributed by atoms with E-state index in [1.807, 2.05) is 11.8 Å². The molecule has 0 atom stereocenters. The Hall–Kier alpha value is -0.770. The van der Waals surface area contributed by atoms with Crippen LogP contribution >= 0.6 is 11.8 Å². The highest BCUT2D eigenvalue weighted by Crippen LogP contribution is 2.25. The first kappa shape index (κ1) is 16.3. The lowest BCUT2D eigenvalue weighted by atomic mass is 9.96. The van der Waals surface area contributed by atoms with E-state index in [2.05, 4.69) is 51.0 Å². The van der Waals surface area contributed by atoms with Crippen LogP contribution in [0, 0.1) is 0 Å². The van der Waals surface area contributed by atoms with Gasteiger partial charge in [-0.3, -0.25) is 0 Å². The van der Waals surface area contributed by atoms with Crippen molar-refractivity contribution in [3.8, 4) is 0 Å². The molecule has 1 N–H and O–H groups in total. The highest BCUT2D eigenvalue weighted by molar-refractivity contribution is 7.99. The maximum Gasteiger partial charge on any atom is 0.137 e. The summed E-state index contributed by atoms with van der Waals surface area (Å²) >= 11 is 1.84. The van der Waals surface area contributed by atoms with Crippen molar-refractivity contribution in [1.29, 1.82) is 0 Å². The van der Waals surface area contributed by atoms with Crippen molar-refractivity contribution in [3.05, 3.63) is 11.9 Å². The lowest BCUT2D eigenvalue weighted by molar-refractivity contribution is 0.539. The van der Waals surface area contributed by atoms with Gasteiger partial charge >= 0.3 is 0 Å². The van der Waals surface area contributed by atoms with Gasteiger partial charge in [0.05, 0.1) is 0 Å². The Kier molecular flexibility index (Phi) is 6.63. The predicted molar refractivity (Wildman–Crippen MR) is 85.1 cm³/mol. The van der Waals surface area contributed by atoms with E-state index in [1.165, 1.54) is 19.3 Å². The number of thioether (sulfide) groups is 1. The molecular formula is C15H27N3S. The van der Waals surface area contributed by atoms with Gasteiger partial charge in [0.1, 0.15) is 16.7 Å². The molecule has 1 rings (SSSR count). The summed E-state index contributed by atoms with van der Waals surface area (Å²) in [7, 11) is 0. The molecule has 4 heteroatoms. The van der Waals surface area contributed by atoms with E-state index in [0.717, 1.165) is 29.0 Å². The van der Waals surface area contributed by atoms with Gasteiger partial charge in [-0.1, -0.05) is 40.5 Å². The molecule has 0 bridgehead atoms. The van der Waals surface area contributed by atoms with Gasteiger partial charge < -0.3 is 5.32 Å². The maximum atomic E-state index is 4.70. The molecule has 0 saturated carbocycles. The Bertz CT molecular complexity index is 385. The highest BCUT2D eigenvalue weighted by Gasteiger charge is 2.19. The van der Waals surface area contributed by atoms with E-state index in [0.29, 0.717) is 0 Å². The van der Waals surface area contributed by atoms with Crippen molar-refractivity contribution in [2.75, 3.05) is 17.6 Å². The molecule has 0 saturated heterocycles. The fraction of sp³-hybridized carbons (Fsp3) is 0.733. The van der Waals surface area contributed by atoms with Gasteiger partial charge in [-0.25, -0.2) is 9.97 Å². The van der Waals surface area contributed by atoms with Crippen LogP contribution in [0.25, 0.3) is 0 Å². The quantitative estimate of drug-likeness (QED) is 0.454. The normalized spacial score (nSPS) is 11.6. The lowest BCUT2D eigenvalue weighted by Crippen LogP contribution is -2.17. The van der Waals surface area contributed by atoms with Crippen molar-refractivity contribution in [2.24, 2.45) is 0 Å². The molecule has 0 aromatic carbocycles. The Labute approximate surface area is 122 Å². The molecule has 0 amide bonds. The van der Waals surface area contributed by atoms with Crippen molar-refractivity contribution >= 4 is 17.6 Å². The molecule has 19 heavy (non-hydrogen) atoms. The standard InChI is InChI=1S/C15H27N3S/c1-6-8-9-10-19-13-11-12(16-7-2)17-14(18-13)15(3,4)5/h11H,6-10H2,1-5H3,(H,16,17,18). The Morgan fingerprint density at radius 1 is 1.16 bits per heavy atom. The first-order valence-corrected chi connectivity index (χ1v) is 8.22. The van der Waals surface area contributed by atoms with E-state index in [1.54, 1.807) is 0 Å². The minimum atomic E-state index is -0.00976. The van der Waals surface area contributed by atoms with Gasteiger partial charge in [-0.2, -0.15) is 0 Å². The molecular weight excluding hydrogens is 254 g/mol. The molecule has 1 aromatic heterocycles. The van der Waals surface area contributed by atoms with Crippen LogP contribution in [0.15, 0.2) is 11.1 Å². The van der Waals surface area contributed by atoms with E-state index >= 15 is 0 Å². The second kappa shape index (κ2) is 7.73. The van der Waals surface area contributed by atoms with Crippen LogP contribution in [0.4, 0.5) is 5.82 Å². The average Bonchev–Trinajstić information content (AvgIpc) is 2.34. The van der Waals surface area contributed by atoms with Crippen molar-refractivity contribution in [1.82, 2.24) is 9.97 Å². The third-order valence-electron chi connectivity index (χ3n) is 2.73. The van der Waals surface area contributed by atoms with Crippen molar-refractivity contribution in [3.63, 3.8) is 0 Å². The molecule has 0 radical (unpaired) electrons. The van der Waals surface area contributed by atoms with Crippen LogP contribution < -0.4 is 5.32 Å². The van der Waals surface area contributed by atoms with Crippen LogP contribution in [-0.4, -0.2) is 22.3 Å². The summed E-state index contributed by atoms with van der Waals surface area (Å²) in [6, 6.07) is 2.06. The third kappa shape index (κ3) is 5.81. The number of hydrogen-bond donors (Lipinski definition) is 1. The fourth-order valence-corrected chi connectivity index (χ4v) is 2.54. The van der Waals surface area contributed by atoms with Gasteiger partial charge in [-0.05, 0) is 19.1 Å². The summed E-state index contributed by atoms with van der Waals surface area (Å²) in [5, 5.41) is 4.39. The largest absolute Gasteiger partial charge is 0.370 e. The topological polar surface area (TPSA) is 37.8 Å². The lowest BCUT2D eigenvalue weighted by Gasteiger charge is -2.18. The summed E-state index contributed by atoms with van der Waals surface area (Å²) in [6.45, 7) is 11.7. The number of anilines is 1. The van der Waals surface area contributed by atoms with E-state index in [4.69, 9.17) is 4.98 Å². The third-order valence-corrected chi connectivity index (χ3v) is 3.73. The first-order chi connectivity index (χ1) is 8.97. The van der Waals surface area contributed by atoms with Crippen molar-refractivity contribution in [2.45, 2.75) is 64.3 Å². The summed E-state index contributed by atoms with van der Waals surface area (Å²) in [5.74, 6) is 3.00. The zero-order valence-electron chi connectivity index (χ0n) is 12.9. The number of hydrogen-bond acceptors (Lipinski definition) is 4. The van der Waals surface area contributed by atoms with Gasteiger partial charge in [0.15, 0.2) is 0 Å². The summed E-state index contributed by atoms with van der Waals surface area (Å²) in [4.78, 5) is 9.30. The first-order valence-electron chi connectivity index (χ1n) is 7.23. The van der Waals surface area contributed by atoms with Gasteiger partial charge in [0.2, 0.25) is 0 Å². The van der Waals surface area contributed by atoms with Crippen molar-refractivity contribution < 1.29 is 0 Å². The zero-order chi connectivity index (χ0) is 14.3. The van der Waals surface area contributed by atoms with E-state index in [-0.39, 0.29) is 5.41 Å². The van der Waals surface area contributed by atoms with Gasteiger partial charge in [-0.15, -0.1) is 11.8 Å². The SMILES string of the molecule is CCCCCSc1cc(NCC)nc(C(C)(C)C)n1. The molecule has 3 nitrogen and oxygen atoms in total. The number of rotatable bonds is 7. The molecule has 0 aliphatic rings. The smallest absolute Gasteiger partial charge is 0.137 e. The minimum absolute atomic E-state index is 0.00976. The predicted octanol–water partition coefficient (Wildman–Crippen LogP) is 4.49. The number of aromatic nitrogens is 2. The molecule has 0 aliphatic carbocycles.